The Balaban J connectivity index is 2.14. The van der Waals surface area contributed by atoms with Crippen LogP contribution >= 0.6 is 0 Å². The number of aromatic amines is 1. The zero-order valence-corrected chi connectivity index (χ0v) is 12.8. The summed E-state index contributed by atoms with van der Waals surface area (Å²) in [5.41, 5.74) is 1.38. The lowest BCUT2D eigenvalue weighted by Crippen LogP contribution is -2.47. The van der Waals surface area contributed by atoms with E-state index in [9.17, 15) is 9.59 Å². The number of H-pyrrole nitrogens is 1. The van der Waals surface area contributed by atoms with Gasteiger partial charge in [-0.2, -0.15) is 0 Å². The van der Waals surface area contributed by atoms with Gasteiger partial charge in [0.2, 0.25) is 0 Å². The Hall–Kier alpha value is -1.66. The van der Waals surface area contributed by atoms with Crippen molar-refractivity contribution in [2.75, 3.05) is 33.4 Å². The molecule has 2 heterocycles. The normalized spacial score (nSPS) is 18.8. The molecule has 1 atom stereocenters. The number of hydrogen-bond donors (Lipinski definition) is 1. The Bertz CT molecular complexity index is 567. The van der Waals surface area contributed by atoms with E-state index in [2.05, 4.69) is 4.98 Å². The van der Waals surface area contributed by atoms with Crippen LogP contribution in [0.1, 0.15) is 28.2 Å². The molecule has 1 aliphatic heterocycles. The summed E-state index contributed by atoms with van der Waals surface area (Å²) in [4.78, 5) is 29.4. The van der Waals surface area contributed by atoms with Crippen LogP contribution < -0.4 is 5.43 Å². The van der Waals surface area contributed by atoms with E-state index in [1.165, 1.54) is 6.07 Å². The minimum atomic E-state index is -0.228. The number of morpholine rings is 1. The first kappa shape index (κ1) is 15.7. The topological polar surface area (TPSA) is 71.6 Å². The van der Waals surface area contributed by atoms with Crippen LogP contribution in [0, 0.1) is 13.8 Å². The van der Waals surface area contributed by atoms with Crippen molar-refractivity contribution in [2.24, 2.45) is 0 Å². The first-order chi connectivity index (χ1) is 10.0. The molecule has 2 rings (SSSR count). The van der Waals surface area contributed by atoms with Gasteiger partial charge >= 0.3 is 0 Å². The number of aryl methyl sites for hydroxylation is 2. The smallest absolute Gasteiger partial charge is 0.259 e. The predicted octanol–water partition coefficient (Wildman–Crippen LogP) is 0.869. The summed E-state index contributed by atoms with van der Waals surface area (Å²) < 4.78 is 10.7. The van der Waals surface area contributed by atoms with Gasteiger partial charge in [0.05, 0.1) is 12.7 Å². The number of hydrogen-bond acceptors (Lipinski definition) is 4. The fourth-order valence-corrected chi connectivity index (χ4v) is 2.60. The standard InChI is InChI=1S/C15H22N2O4/c1-10-8-13(18)14(11(2)16-10)15(19)17-5-7-21-12(9-17)4-6-20-3/h8,12H,4-7,9H2,1-3H3,(H,16,18)/t12-/m0/s1. The number of aromatic nitrogens is 1. The third kappa shape index (κ3) is 3.71. The van der Waals surface area contributed by atoms with Gasteiger partial charge in [0.15, 0.2) is 5.43 Å². The van der Waals surface area contributed by atoms with Crippen molar-refractivity contribution in [3.8, 4) is 0 Å². The molecule has 0 bridgehead atoms. The van der Waals surface area contributed by atoms with Gasteiger partial charge < -0.3 is 19.4 Å². The van der Waals surface area contributed by atoms with Crippen LogP contribution in [0.15, 0.2) is 10.9 Å². The summed E-state index contributed by atoms with van der Waals surface area (Å²) in [5, 5.41) is 0. The van der Waals surface area contributed by atoms with Gasteiger partial charge in [-0.05, 0) is 20.3 Å². The number of amides is 1. The Morgan fingerprint density at radius 3 is 2.95 bits per heavy atom. The molecule has 1 saturated heterocycles. The van der Waals surface area contributed by atoms with Crippen molar-refractivity contribution in [3.63, 3.8) is 0 Å². The van der Waals surface area contributed by atoms with Crippen molar-refractivity contribution >= 4 is 5.91 Å². The SMILES string of the molecule is COCC[C@H]1CN(C(=O)c2c(C)[nH]c(C)cc2=O)CCO1. The molecule has 1 N–H and O–H groups in total. The zero-order valence-electron chi connectivity index (χ0n) is 12.8. The fraction of sp³-hybridized carbons (Fsp3) is 0.600. The largest absolute Gasteiger partial charge is 0.385 e. The molecular weight excluding hydrogens is 272 g/mol. The molecule has 1 aromatic rings. The summed E-state index contributed by atoms with van der Waals surface area (Å²) in [6.45, 7) is 5.65. The van der Waals surface area contributed by atoms with Crippen LogP contribution in [0.3, 0.4) is 0 Å². The highest BCUT2D eigenvalue weighted by molar-refractivity contribution is 5.95. The number of rotatable bonds is 4. The van der Waals surface area contributed by atoms with Crippen molar-refractivity contribution in [3.05, 3.63) is 33.2 Å². The van der Waals surface area contributed by atoms with E-state index >= 15 is 0 Å². The first-order valence-electron chi connectivity index (χ1n) is 7.13. The van der Waals surface area contributed by atoms with Crippen LogP contribution in [0.4, 0.5) is 0 Å². The average Bonchev–Trinajstić information content (AvgIpc) is 2.44. The number of ether oxygens (including phenoxy) is 2. The van der Waals surface area contributed by atoms with E-state index in [4.69, 9.17) is 9.47 Å². The highest BCUT2D eigenvalue weighted by Crippen LogP contribution is 2.13. The second kappa shape index (κ2) is 6.87. The van der Waals surface area contributed by atoms with Crippen molar-refractivity contribution in [1.82, 2.24) is 9.88 Å². The molecule has 21 heavy (non-hydrogen) atoms. The molecule has 6 nitrogen and oxygen atoms in total. The molecule has 0 aliphatic carbocycles. The van der Waals surface area contributed by atoms with Gasteiger partial charge in [0.1, 0.15) is 5.56 Å². The lowest BCUT2D eigenvalue weighted by atomic mass is 10.1. The minimum absolute atomic E-state index is 0.0347. The van der Waals surface area contributed by atoms with Gasteiger partial charge in [0, 0.05) is 44.3 Å². The molecule has 1 fully saturated rings. The number of methoxy groups -OCH3 is 1. The number of pyridine rings is 1. The molecule has 1 aromatic heterocycles. The van der Waals surface area contributed by atoms with Crippen molar-refractivity contribution < 1.29 is 14.3 Å². The Morgan fingerprint density at radius 1 is 1.52 bits per heavy atom. The molecule has 0 saturated carbocycles. The summed E-state index contributed by atoms with van der Waals surface area (Å²) in [7, 11) is 1.64. The third-order valence-electron chi connectivity index (χ3n) is 3.64. The summed E-state index contributed by atoms with van der Waals surface area (Å²) in [5.74, 6) is -0.223. The number of nitrogens with zero attached hydrogens (tertiary/aromatic N) is 1. The second-order valence-electron chi connectivity index (χ2n) is 5.34. The summed E-state index contributed by atoms with van der Waals surface area (Å²) >= 11 is 0. The van der Waals surface area contributed by atoms with Gasteiger partial charge in [-0.25, -0.2) is 0 Å². The van der Waals surface area contributed by atoms with E-state index in [-0.39, 0.29) is 23.0 Å². The minimum Gasteiger partial charge on any atom is -0.385 e. The zero-order chi connectivity index (χ0) is 15.4. The summed E-state index contributed by atoms with van der Waals surface area (Å²) in [6.07, 6.45) is 0.705. The van der Waals surface area contributed by atoms with Crippen LogP contribution in [0.2, 0.25) is 0 Å². The Kier molecular flexibility index (Phi) is 5.14. The molecule has 0 aromatic carbocycles. The maximum atomic E-state index is 12.6. The quantitative estimate of drug-likeness (QED) is 0.894. The number of nitrogens with one attached hydrogen (secondary N) is 1. The lowest BCUT2D eigenvalue weighted by Gasteiger charge is -2.33. The van der Waals surface area contributed by atoms with Crippen LogP contribution in [0.5, 0.6) is 0 Å². The highest BCUT2D eigenvalue weighted by Gasteiger charge is 2.27. The van der Waals surface area contributed by atoms with Crippen LogP contribution in [-0.4, -0.2) is 55.3 Å². The summed E-state index contributed by atoms with van der Waals surface area (Å²) in [6, 6.07) is 1.46. The monoisotopic (exact) mass is 294 g/mol. The molecule has 0 unspecified atom stereocenters. The first-order valence-corrected chi connectivity index (χ1v) is 7.13. The van der Waals surface area contributed by atoms with E-state index in [0.717, 1.165) is 12.1 Å². The molecule has 0 radical (unpaired) electrons. The molecule has 116 valence electrons. The van der Waals surface area contributed by atoms with Gasteiger partial charge in [-0.3, -0.25) is 9.59 Å². The number of carbonyl (C=O) groups excluding carboxylic acids is 1. The van der Waals surface area contributed by atoms with Gasteiger partial charge in [0.25, 0.3) is 5.91 Å². The predicted molar refractivity (Wildman–Crippen MR) is 78.7 cm³/mol. The lowest BCUT2D eigenvalue weighted by molar-refractivity contribution is -0.0333. The highest BCUT2D eigenvalue weighted by atomic mass is 16.5. The molecule has 1 amide bonds. The Labute approximate surface area is 124 Å². The van der Waals surface area contributed by atoms with Crippen molar-refractivity contribution in [1.29, 1.82) is 0 Å². The maximum absolute atomic E-state index is 12.6. The van der Waals surface area contributed by atoms with Crippen molar-refractivity contribution in [2.45, 2.75) is 26.4 Å². The molecule has 1 aliphatic rings. The average molecular weight is 294 g/mol. The molecule has 0 spiro atoms. The van der Waals surface area contributed by atoms with E-state index in [0.29, 0.717) is 32.0 Å². The second-order valence-corrected chi connectivity index (χ2v) is 5.34. The molecule has 6 heteroatoms. The van der Waals surface area contributed by atoms with Gasteiger partial charge in [-0.1, -0.05) is 0 Å². The fourth-order valence-electron chi connectivity index (χ4n) is 2.60. The third-order valence-corrected chi connectivity index (χ3v) is 3.64. The van der Waals surface area contributed by atoms with Crippen LogP contribution in [0.25, 0.3) is 0 Å². The van der Waals surface area contributed by atoms with Gasteiger partial charge in [-0.15, -0.1) is 0 Å². The van der Waals surface area contributed by atoms with E-state index in [1.807, 2.05) is 0 Å². The Morgan fingerprint density at radius 2 is 2.29 bits per heavy atom. The van der Waals surface area contributed by atoms with Crippen LogP contribution in [-0.2, 0) is 9.47 Å². The van der Waals surface area contributed by atoms with E-state index < -0.39 is 0 Å². The maximum Gasteiger partial charge on any atom is 0.259 e. The number of carbonyl (C=O) groups is 1. The molecular formula is C15H22N2O4. The van der Waals surface area contributed by atoms with E-state index in [1.54, 1.807) is 25.9 Å².